The van der Waals surface area contributed by atoms with Crippen LogP contribution in [-0.4, -0.2) is 101 Å². The Kier molecular flexibility index (Phi) is 9.23. The lowest BCUT2D eigenvalue weighted by atomic mass is 9.82. The Balaban J connectivity index is 1.65. The predicted octanol–water partition coefficient (Wildman–Crippen LogP) is 1.62. The normalized spacial score (nSPS) is 27.8. The van der Waals surface area contributed by atoms with E-state index in [0.717, 1.165) is 47.8 Å². The molecule has 0 radical (unpaired) electrons. The fraction of sp³-hybridized carbons (Fsp3) is 0.640. The van der Waals surface area contributed by atoms with Gasteiger partial charge in [-0.3, -0.25) is 4.79 Å². The Morgan fingerprint density at radius 3 is 2.44 bits per heavy atom. The molecular weight excluding hydrogens is 541 g/mol. The smallest absolute Gasteiger partial charge is 0.238 e. The number of hydrogen-bond donors (Lipinski definition) is 4. The first-order valence-corrected chi connectivity index (χ1v) is 13.8. The first-order valence-electron chi connectivity index (χ1n) is 12.8. The van der Waals surface area contributed by atoms with Crippen LogP contribution < -0.4 is 0 Å². The molecule has 1 aromatic carbocycles. The highest BCUT2D eigenvalue weighted by Crippen LogP contribution is 2.43. The summed E-state index contributed by atoms with van der Waals surface area (Å²) in [6.45, 7) is 1.56. The lowest BCUT2D eigenvalue weighted by Crippen LogP contribution is -2.57. The van der Waals surface area contributed by atoms with Gasteiger partial charge in [0.2, 0.25) is 5.91 Å². The minimum Gasteiger partial charge on any atom is -0.394 e. The van der Waals surface area contributed by atoms with E-state index in [1.54, 1.807) is 14.0 Å². The number of nitrogens with zero attached hydrogens (tertiary/aromatic N) is 4. The lowest BCUT2D eigenvalue weighted by molar-refractivity contribution is -0.179. The number of halogens is 3. The number of amides is 1. The molecule has 1 saturated heterocycles. The Bertz CT molecular complexity index is 1140. The maximum atomic E-state index is 13.8. The van der Waals surface area contributed by atoms with Gasteiger partial charge in [-0.15, -0.1) is 16.9 Å². The number of thioether (sulfide) groups is 1. The number of ether oxygens (including phenoxy) is 1. The molecular formula is C25H33F3N4O6S. The van der Waals surface area contributed by atoms with Crippen LogP contribution in [0.4, 0.5) is 13.2 Å². The van der Waals surface area contributed by atoms with Crippen molar-refractivity contribution in [2.24, 2.45) is 0 Å². The number of carbonyl (C=O) groups is 1. The predicted molar refractivity (Wildman–Crippen MR) is 135 cm³/mol. The van der Waals surface area contributed by atoms with Gasteiger partial charge in [0.05, 0.1) is 18.4 Å². The van der Waals surface area contributed by atoms with Crippen molar-refractivity contribution in [3.63, 3.8) is 0 Å². The van der Waals surface area contributed by atoms with E-state index in [1.807, 2.05) is 0 Å². The Labute approximate surface area is 227 Å². The van der Waals surface area contributed by atoms with Gasteiger partial charge in [-0.25, -0.2) is 17.9 Å². The van der Waals surface area contributed by atoms with Crippen molar-refractivity contribution in [2.75, 3.05) is 20.2 Å². The average Bonchev–Trinajstić information content (AvgIpc) is 3.40. The highest BCUT2D eigenvalue weighted by atomic mass is 32.2. The number of rotatable bonds is 8. The monoisotopic (exact) mass is 574 g/mol. The average molecular weight is 575 g/mol. The molecule has 14 heteroatoms. The summed E-state index contributed by atoms with van der Waals surface area (Å²) < 4.78 is 47.8. The molecule has 6 atom stereocenters. The number of hydrogen-bond acceptors (Lipinski definition) is 9. The molecule has 1 aliphatic heterocycles. The van der Waals surface area contributed by atoms with Crippen LogP contribution in [0.1, 0.15) is 45.1 Å². The van der Waals surface area contributed by atoms with Crippen LogP contribution in [0.5, 0.6) is 0 Å². The molecule has 1 aromatic heterocycles. The lowest BCUT2D eigenvalue weighted by Gasteiger charge is -2.45. The first-order chi connectivity index (χ1) is 18.5. The van der Waals surface area contributed by atoms with E-state index < -0.39 is 64.7 Å². The molecule has 2 heterocycles. The highest BCUT2D eigenvalue weighted by Gasteiger charge is 2.51. The van der Waals surface area contributed by atoms with Crippen LogP contribution in [0.2, 0.25) is 0 Å². The third kappa shape index (κ3) is 5.95. The van der Waals surface area contributed by atoms with Crippen molar-refractivity contribution in [1.82, 2.24) is 19.9 Å². The quantitative estimate of drug-likeness (QED) is 0.346. The maximum Gasteiger partial charge on any atom is 0.238 e. The molecule has 0 bridgehead atoms. The van der Waals surface area contributed by atoms with Gasteiger partial charge in [0.25, 0.3) is 0 Å². The van der Waals surface area contributed by atoms with Crippen molar-refractivity contribution in [3.8, 4) is 11.3 Å². The third-order valence-electron chi connectivity index (χ3n) is 7.50. The fourth-order valence-electron chi connectivity index (χ4n) is 5.08. The van der Waals surface area contributed by atoms with E-state index in [1.165, 1.54) is 11.1 Å². The van der Waals surface area contributed by atoms with Gasteiger partial charge in [-0.2, -0.15) is 0 Å². The summed E-state index contributed by atoms with van der Waals surface area (Å²) in [4.78, 5) is 14.8. The standard InChI is InChI=1S/C25H33F3N4O6S/c1-3-31(2)23(36)22(25(37)7-5-4-6-8-25)39-24-21(35)19(20(34)17(12-33)38-24)32-11-16(29-30-32)13-9-14(26)18(28)15(27)10-13/h9-11,17,19-22,24,33-35,37H,3-8,12H2,1-2H3/t17-,19+,20+,21-,22-,24+/m1/s1. The van der Waals surface area contributed by atoms with Crippen LogP contribution in [0, 0.1) is 17.5 Å². The molecule has 2 fully saturated rings. The second-order valence-electron chi connectivity index (χ2n) is 10.1. The molecule has 10 nitrogen and oxygen atoms in total. The van der Waals surface area contributed by atoms with Gasteiger partial charge in [-0.1, -0.05) is 24.5 Å². The van der Waals surface area contributed by atoms with Gasteiger partial charge >= 0.3 is 0 Å². The van der Waals surface area contributed by atoms with Crippen molar-refractivity contribution < 1.29 is 43.1 Å². The first kappa shape index (κ1) is 29.7. The van der Waals surface area contributed by atoms with E-state index in [-0.39, 0.29) is 17.2 Å². The van der Waals surface area contributed by atoms with Gasteiger partial charge in [0, 0.05) is 19.2 Å². The minimum atomic E-state index is -1.63. The summed E-state index contributed by atoms with van der Waals surface area (Å²) in [5, 5.41) is 50.4. The summed E-state index contributed by atoms with van der Waals surface area (Å²) in [6.07, 6.45) is 0.221. The Morgan fingerprint density at radius 1 is 1.21 bits per heavy atom. The zero-order chi connectivity index (χ0) is 28.5. The molecule has 2 aromatic rings. The zero-order valence-electron chi connectivity index (χ0n) is 21.6. The molecule has 4 N–H and O–H groups in total. The van der Waals surface area contributed by atoms with Gasteiger partial charge in [0.1, 0.15) is 40.7 Å². The second kappa shape index (κ2) is 12.1. The van der Waals surface area contributed by atoms with Crippen LogP contribution in [-0.2, 0) is 9.53 Å². The SMILES string of the molecule is CCN(C)C(=O)[C@@H](S[C@@H]1O[C@H](CO)[C@H](O)[C@H](n2cc(-c3cc(F)c(F)c(F)c3)nn2)[C@H]1O)C1(O)CCCCC1. The van der Waals surface area contributed by atoms with Crippen LogP contribution in [0.25, 0.3) is 11.3 Å². The zero-order valence-corrected chi connectivity index (χ0v) is 22.4. The Hall–Kier alpha value is -2.23. The number of aliphatic hydroxyl groups is 4. The third-order valence-corrected chi connectivity index (χ3v) is 9.07. The molecule has 0 unspecified atom stereocenters. The van der Waals surface area contributed by atoms with E-state index in [2.05, 4.69) is 10.3 Å². The van der Waals surface area contributed by atoms with Crippen molar-refractivity contribution in [3.05, 3.63) is 35.8 Å². The number of carbonyl (C=O) groups excluding carboxylic acids is 1. The van der Waals surface area contributed by atoms with Crippen LogP contribution in [0.3, 0.4) is 0 Å². The van der Waals surface area contributed by atoms with Gasteiger partial charge < -0.3 is 30.1 Å². The van der Waals surface area contributed by atoms with Crippen molar-refractivity contribution >= 4 is 17.7 Å². The molecule has 4 rings (SSSR count). The number of aromatic nitrogens is 3. The van der Waals surface area contributed by atoms with Crippen molar-refractivity contribution in [1.29, 1.82) is 0 Å². The number of aliphatic hydroxyl groups excluding tert-OH is 3. The summed E-state index contributed by atoms with van der Waals surface area (Å²) in [7, 11) is 1.61. The van der Waals surface area contributed by atoms with E-state index in [0.29, 0.717) is 19.4 Å². The molecule has 0 spiro atoms. The second-order valence-corrected chi connectivity index (χ2v) is 11.3. The van der Waals surface area contributed by atoms with Crippen LogP contribution in [0.15, 0.2) is 18.3 Å². The van der Waals surface area contributed by atoms with E-state index in [9.17, 15) is 38.4 Å². The Morgan fingerprint density at radius 2 is 1.85 bits per heavy atom. The number of benzene rings is 1. The maximum absolute atomic E-state index is 13.8. The van der Waals surface area contributed by atoms with E-state index in [4.69, 9.17) is 4.74 Å². The molecule has 39 heavy (non-hydrogen) atoms. The molecule has 216 valence electrons. The van der Waals surface area contributed by atoms with Gasteiger partial charge in [0.15, 0.2) is 17.5 Å². The summed E-state index contributed by atoms with van der Waals surface area (Å²) in [5.41, 5.74) is -2.69. The summed E-state index contributed by atoms with van der Waals surface area (Å²) >= 11 is 0.921. The molecule has 2 aliphatic rings. The molecule has 1 amide bonds. The topological polar surface area (TPSA) is 141 Å². The molecule has 1 aliphatic carbocycles. The molecule has 1 saturated carbocycles. The highest BCUT2D eigenvalue weighted by molar-refractivity contribution is 8.01. The largest absolute Gasteiger partial charge is 0.394 e. The van der Waals surface area contributed by atoms with Crippen LogP contribution >= 0.6 is 11.8 Å². The van der Waals surface area contributed by atoms with Crippen molar-refractivity contribution in [2.45, 2.75) is 79.7 Å². The van der Waals surface area contributed by atoms with E-state index >= 15 is 0 Å². The summed E-state index contributed by atoms with van der Waals surface area (Å²) in [6, 6.07) is 0.235. The minimum absolute atomic E-state index is 0.0578. The summed E-state index contributed by atoms with van der Waals surface area (Å²) in [5.74, 6) is -4.81. The van der Waals surface area contributed by atoms with Gasteiger partial charge in [-0.05, 0) is 31.9 Å². The fourth-order valence-corrected chi connectivity index (χ4v) is 6.66.